The average Bonchev–Trinajstić information content (AvgIpc) is 2.19. The van der Waals surface area contributed by atoms with E-state index in [1.165, 1.54) is 0 Å². The Balaban J connectivity index is 0. The van der Waals surface area contributed by atoms with Crippen molar-refractivity contribution in [1.82, 2.24) is 5.32 Å². The number of carbonyl (C=O) groups excluding carboxylic acids is 2. The molecule has 0 saturated carbocycles. The van der Waals surface area contributed by atoms with Gasteiger partial charge in [-0.2, -0.15) is 0 Å². The Bertz CT molecular complexity index is 188. The molecule has 0 aromatic carbocycles. The van der Waals surface area contributed by atoms with Crippen LogP contribution in [0.15, 0.2) is 0 Å². The Morgan fingerprint density at radius 3 is 2.12 bits per heavy atom. The van der Waals surface area contributed by atoms with Gasteiger partial charge in [-0.25, -0.2) is 0 Å². The van der Waals surface area contributed by atoms with Gasteiger partial charge in [-0.1, -0.05) is 27.7 Å². The standard InChI is InChI=1S/C11H21NO2.C2H6/c1-9(2)7-8-12-11(14)6-4-5-10(3)13;1-2/h9H,4-8H2,1-3H3,(H,12,14);1-2H3. The minimum atomic E-state index is 0.0619. The van der Waals surface area contributed by atoms with Crippen molar-refractivity contribution in [2.75, 3.05) is 6.54 Å². The van der Waals surface area contributed by atoms with Crippen LogP contribution in [0, 0.1) is 5.92 Å². The third-order valence-corrected chi connectivity index (χ3v) is 1.98. The first-order valence-electron chi connectivity index (χ1n) is 6.28. The first kappa shape index (κ1) is 17.5. The van der Waals surface area contributed by atoms with Gasteiger partial charge in [-0.15, -0.1) is 0 Å². The maximum absolute atomic E-state index is 11.2. The molecular formula is C13H27NO2. The molecule has 16 heavy (non-hydrogen) atoms. The average molecular weight is 229 g/mol. The van der Waals surface area contributed by atoms with Crippen LogP contribution in [0.1, 0.15) is 60.3 Å². The molecule has 3 heteroatoms. The molecule has 0 rings (SSSR count). The number of ketones is 1. The number of hydrogen-bond acceptors (Lipinski definition) is 2. The molecule has 96 valence electrons. The summed E-state index contributed by atoms with van der Waals surface area (Å²) in [6.45, 7) is 10.6. The SMILES string of the molecule is CC.CC(=O)CCCC(=O)NCCC(C)C. The van der Waals surface area contributed by atoms with Crippen molar-refractivity contribution in [3.05, 3.63) is 0 Å². The van der Waals surface area contributed by atoms with Crippen LogP contribution < -0.4 is 5.32 Å². The van der Waals surface area contributed by atoms with E-state index in [1.54, 1.807) is 6.92 Å². The molecule has 0 aliphatic rings. The Labute approximate surface area is 100.0 Å². The first-order chi connectivity index (χ1) is 7.52. The lowest BCUT2D eigenvalue weighted by Crippen LogP contribution is -2.25. The maximum atomic E-state index is 11.2. The fourth-order valence-corrected chi connectivity index (χ4v) is 1.09. The molecule has 0 spiro atoms. The van der Waals surface area contributed by atoms with Crippen LogP contribution in [0.2, 0.25) is 0 Å². The largest absolute Gasteiger partial charge is 0.356 e. The molecule has 1 N–H and O–H groups in total. The lowest BCUT2D eigenvalue weighted by molar-refractivity contribution is -0.121. The number of amides is 1. The van der Waals surface area contributed by atoms with Crippen LogP contribution in [0.25, 0.3) is 0 Å². The molecule has 0 aromatic rings. The van der Waals surface area contributed by atoms with Crippen LogP contribution in [-0.4, -0.2) is 18.2 Å². The van der Waals surface area contributed by atoms with Crippen LogP contribution in [-0.2, 0) is 9.59 Å². The third-order valence-electron chi connectivity index (χ3n) is 1.98. The highest BCUT2D eigenvalue weighted by atomic mass is 16.1. The predicted molar refractivity (Wildman–Crippen MR) is 68.3 cm³/mol. The predicted octanol–water partition coefficient (Wildman–Crippen LogP) is 2.93. The van der Waals surface area contributed by atoms with E-state index in [9.17, 15) is 9.59 Å². The fraction of sp³-hybridized carbons (Fsp3) is 0.846. The zero-order valence-electron chi connectivity index (χ0n) is 11.4. The van der Waals surface area contributed by atoms with E-state index < -0.39 is 0 Å². The van der Waals surface area contributed by atoms with Crippen LogP contribution in [0.3, 0.4) is 0 Å². The second kappa shape index (κ2) is 12.2. The van der Waals surface area contributed by atoms with E-state index in [2.05, 4.69) is 19.2 Å². The molecule has 0 aromatic heterocycles. The van der Waals surface area contributed by atoms with E-state index >= 15 is 0 Å². The molecule has 3 nitrogen and oxygen atoms in total. The molecule has 0 radical (unpaired) electrons. The minimum Gasteiger partial charge on any atom is -0.356 e. The lowest BCUT2D eigenvalue weighted by Gasteiger charge is -2.06. The summed E-state index contributed by atoms with van der Waals surface area (Å²) in [7, 11) is 0. The molecule has 0 unspecified atom stereocenters. The van der Waals surface area contributed by atoms with Crippen LogP contribution in [0.5, 0.6) is 0 Å². The molecule has 0 fully saturated rings. The van der Waals surface area contributed by atoms with Crippen molar-refractivity contribution >= 4 is 11.7 Å². The molecular weight excluding hydrogens is 202 g/mol. The van der Waals surface area contributed by atoms with Crippen molar-refractivity contribution in [1.29, 1.82) is 0 Å². The topological polar surface area (TPSA) is 46.2 Å². The van der Waals surface area contributed by atoms with Gasteiger partial charge in [0.2, 0.25) is 5.91 Å². The smallest absolute Gasteiger partial charge is 0.220 e. The zero-order valence-corrected chi connectivity index (χ0v) is 11.4. The Morgan fingerprint density at radius 2 is 1.69 bits per heavy atom. The highest BCUT2D eigenvalue weighted by Crippen LogP contribution is 1.98. The summed E-state index contributed by atoms with van der Waals surface area (Å²) in [6, 6.07) is 0. The molecule has 0 atom stereocenters. The van der Waals surface area contributed by atoms with Gasteiger partial charge in [0.1, 0.15) is 5.78 Å². The van der Waals surface area contributed by atoms with Gasteiger partial charge < -0.3 is 10.1 Å². The van der Waals surface area contributed by atoms with Gasteiger partial charge >= 0.3 is 0 Å². The molecule has 1 amide bonds. The quantitative estimate of drug-likeness (QED) is 0.729. The van der Waals surface area contributed by atoms with Crippen molar-refractivity contribution in [3.63, 3.8) is 0 Å². The first-order valence-corrected chi connectivity index (χ1v) is 6.28. The Kier molecular flexibility index (Phi) is 13.4. The summed E-state index contributed by atoms with van der Waals surface area (Å²) < 4.78 is 0. The second-order valence-corrected chi connectivity index (χ2v) is 4.09. The van der Waals surface area contributed by atoms with E-state index in [1.807, 2.05) is 13.8 Å². The summed E-state index contributed by atoms with van der Waals surface area (Å²) >= 11 is 0. The second-order valence-electron chi connectivity index (χ2n) is 4.09. The number of rotatable bonds is 7. The van der Waals surface area contributed by atoms with Gasteiger partial charge in [0, 0.05) is 19.4 Å². The van der Waals surface area contributed by atoms with Gasteiger partial charge in [0.25, 0.3) is 0 Å². The molecule has 0 aliphatic heterocycles. The van der Waals surface area contributed by atoms with E-state index in [-0.39, 0.29) is 11.7 Å². The Hall–Kier alpha value is -0.860. The summed E-state index contributed by atoms with van der Waals surface area (Å²) in [5.41, 5.74) is 0. The van der Waals surface area contributed by atoms with Crippen molar-refractivity contribution in [3.8, 4) is 0 Å². The number of carbonyl (C=O) groups is 2. The third kappa shape index (κ3) is 15.6. The summed E-state index contributed by atoms with van der Waals surface area (Å²) in [5, 5.41) is 2.84. The van der Waals surface area contributed by atoms with Crippen molar-refractivity contribution in [2.24, 2.45) is 5.92 Å². The van der Waals surface area contributed by atoms with Crippen LogP contribution >= 0.6 is 0 Å². The number of nitrogens with one attached hydrogen (secondary N) is 1. The van der Waals surface area contributed by atoms with E-state index in [4.69, 9.17) is 0 Å². The van der Waals surface area contributed by atoms with E-state index in [0.717, 1.165) is 13.0 Å². The minimum absolute atomic E-state index is 0.0619. The molecule has 0 saturated heterocycles. The fourth-order valence-electron chi connectivity index (χ4n) is 1.09. The van der Waals surface area contributed by atoms with Gasteiger partial charge in [-0.05, 0) is 25.7 Å². The monoisotopic (exact) mass is 229 g/mol. The zero-order chi connectivity index (χ0) is 13.0. The maximum Gasteiger partial charge on any atom is 0.220 e. The van der Waals surface area contributed by atoms with Gasteiger partial charge in [0.05, 0.1) is 0 Å². The van der Waals surface area contributed by atoms with Crippen LogP contribution in [0.4, 0.5) is 0 Å². The van der Waals surface area contributed by atoms with Crippen molar-refractivity contribution in [2.45, 2.75) is 60.3 Å². The summed E-state index contributed by atoms with van der Waals surface area (Å²) in [6.07, 6.45) is 2.66. The van der Waals surface area contributed by atoms with Crippen molar-refractivity contribution < 1.29 is 9.59 Å². The number of Topliss-reactive ketones (excluding diaryl/α,β-unsaturated/α-hetero) is 1. The highest BCUT2D eigenvalue weighted by Gasteiger charge is 2.02. The normalized spacial score (nSPS) is 9.38. The lowest BCUT2D eigenvalue weighted by atomic mass is 10.1. The van der Waals surface area contributed by atoms with Gasteiger partial charge in [0.15, 0.2) is 0 Å². The highest BCUT2D eigenvalue weighted by molar-refractivity contribution is 5.78. The van der Waals surface area contributed by atoms with E-state index in [0.29, 0.717) is 25.2 Å². The summed E-state index contributed by atoms with van der Waals surface area (Å²) in [4.78, 5) is 21.8. The molecule has 0 aliphatic carbocycles. The molecule has 0 bridgehead atoms. The number of hydrogen-bond donors (Lipinski definition) is 1. The Morgan fingerprint density at radius 1 is 1.12 bits per heavy atom. The summed E-state index contributed by atoms with van der Waals surface area (Å²) in [5.74, 6) is 0.833. The molecule has 0 heterocycles. The van der Waals surface area contributed by atoms with Gasteiger partial charge in [-0.3, -0.25) is 4.79 Å².